The molecule has 3 aliphatic heterocycles. The summed E-state index contributed by atoms with van der Waals surface area (Å²) in [5.74, 6) is 0.547. The molecular formula is C32H41N4O6+. The average molecular weight is 578 g/mol. The minimum absolute atomic E-state index is 0.120. The number of amides is 1. The Hall–Kier alpha value is -3.73. The highest BCUT2D eigenvalue weighted by molar-refractivity contribution is 5.93. The number of piperazine rings is 1. The monoisotopic (exact) mass is 577 g/mol. The molecule has 0 aromatic heterocycles. The number of likely N-dealkylation sites (tertiary alicyclic amines) is 1. The van der Waals surface area contributed by atoms with Gasteiger partial charge in [-0.3, -0.25) is 23.9 Å². The summed E-state index contributed by atoms with van der Waals surface area (Å²) in [6.07, 6.45) is 4.38. The molecule has 224 valence electrons. The zero-order valence-electron chi connectivity index (χ0n) is 24.8. The zero-order chi connectivity index (χ0) is 29.7. The van der Waals surface area contributed by atoms with Crippen LogP contribution >= 0.6 is 0 Å². The van der Waals surface area contributed by atoms with Crippen molar-refractivity contribution in [2.75, 3.05) is 80.2 Å². The molecular weight excluding hydrogens is 536 g/mol. The van der Waals surface area contributed by atoms with Gasteiger partial charge in [-0.05, 0) is 49.2 Å². The first-order valence-electron chi connectivity index (χ1n) is 14.7. The van der Waals surface area contributed by atoms with Gasteiger partial charge in [-0.15, -0.1) is 0 Å². The van der Waals surface area contributed by atoms with Crippen LogP contribution in [0.25, 0.3) is 5.57 Å². The highest BCUT2D eigenvalue weighted by atomic mass is 16.5. The second-order valence-electron chi connectivity index (χ2n) is 11.6. The molecule has 0 N–H and O–H groups in total. The minimum atomic E-state index is -0.413. The van der Waals surface area contributed by atoms with Crippen molar-refractivity contribution in [3.8, 4) is 11.5 Å². The van der Waals surface area contributed by atoms with Crippen molar-refractivity contribution in [1.82, 2.24) is 19.2 Å². The normalized spacial score (nSPS) is 18.4. The van der Waals surface area contributed by atoms with Crippen molar-refractivity contribution < 1.29 is 28.6 Å². The number of quaternary nitrogens is 1. The molecule has 1 amide bonds. The van der Waals surface area contributed by atoms with E-state index in [1.54, 1.807) is 31.4 Å². The van der Waals surface area contributed by atoms with Crippen molar-refractivity contribution in [3.05, 3.63) is 59.8 Å². The summed E-state index contributed by atoms with van der Waals surface area (Å²) < 4.78 is 17.0. The van der Waals surface area contributed by atoms with Gasteiger partial charge in [-0.25, -0.2) is 4.79 Å². The number of esters is 2. The van der Waals surface area contributed by atoms with Crippen molar-refractivity contribution in [3.63, 3.8) is 0 Å². The van der Waals surface area contributed by atoms with E-state index in [4.69, 9.17) is 14.2 Å². The van der Waals surface area contributed by atoms with Gasteiger partial charge in [-0.1, -0.05) is 0 Å². The Morgan fingerprint density at radius 3 is 2.21 bits per heavy atom. The molecule has 0 spiro atoms. The molecule has 10 nitrogen and oxygen atoms in total. The topological polar surface area (TPSA) is 88.6 Å². The molecule has 10 heteroatoms. The predicted molar refractivity (Wildman–Crippen MR) is 160 cm³/mol. The van der Waals surface area contributed by atoms with Gasteiger partial charge in [0.1, 0.15) is 30.0 Å². The maximum atomic E-state index is 12.8. The van der Waals surface area contributed by atoms with Crippen LogP contribution < -0.4 is 14.0 Å². The van der Waals surface area contributed by atoms with Crippen LogP contribution in [0.15, 0.2) is 48.7 Å². The lowest BCUT2D eigenvalue weighted by Crippen LogP contribution is -2.50. The summed E-state index contributed by atoms with van der Waals surface area (Å²) in [6.45, 7) is 6.57. The third kappa shape index (κ3) is 7.18. The van der Waals surface area contributed by atoms with E-state index >= 15 is 0 Å². The van der Waals surface area contributed by atoms with Crippen LogP contribution in [-0.2, 0) is 14.3 Å². The fourth-order valence-corrected chi connectivity index (χ4v) is 5.83. The lowest BCUT2D eigenvalue weighted by molar-refractivity contribution is -0.133. The Morgan fingerprint density at radius 1 is 0.857 bits per heavy atom. The van der Waals surface area contributed by atoms with Gasteiger partial charge in [0.2, 0.25) is 5.91 Å². The molecule has 0 aliphatic carbocycles. The smallest absolute Gasteiger partial charge is 0.338 e. The van der Waals surface area contributed by atoms with Crippen LogP contribution in [0.4, 0.5) is 5.69 Å². The molecule has 2 aromatic rings. The summed E-state index contributed by atoms with van der Waals surface area (Å²) in [4.78, 5) is 44.1. The quantitative estimate of drug-likeness (QED) is 0.242. The van der Waals surface area contributed by atoms with Crippen LogP contribution in [0.1, 0.15) is 35.2 Å². The van der Waals surface area contributed by atoms with Crippen molar-refractivity contribution in [1.29, 1.82) is 0 Å². The SMILES string of the molecule is COc1ccc2c(c1)C(CC(=O)Oc1ccc(C(=O)OCCN3CCN(CC(=O)N4CCCC4)CC3)cc1)=C[N+]2(C)C. The molecule has 3 aliphatic rings. The Labute approximate surface area is 247 Å². The Bertz CT molecular complexity index is 1330. The third-order valence-corrected chi connectivity index (χ3v) is 8.23. The lowest BCUT2D eigenvalue weighted by atomic mass is 10.0. The first-order chi connectivity index (χ1) is 20.2. The van der Waals surface area contributed by atoms with E-state index in [9.17, 15) is 14.4 Å². The largest absolute Gasteiger partial charge is 0.497 e. The molecule has 42 heavy (non-hydrogen) atoms. The number of benzene rings is 2. The number of rotatable bonds is 10. The Kier molecular flexibility index (Phi) is 9.25. The first kappa shape index (κ1) is 29.8. The van der Waals surface area contributed by atoms with Gasteiger partial charge in [0.25, 0.3) is 0 Å². The first-order valence-corrected chi connectivity index (χ1v) is 14.7. The zero-order valence-corrected chi connectivity index (χ0v) is 24.8. The number of methoxy groups -OCH3 is 1. The second-order valence-corrected chi connectivity index (χ2v) is 11.6. The van der Waals surface area contributed by atoms with E-state index in [1.165, 1.54) is 0 Å². The molecule has 5 rings (SSSR count). The van der Waals surface area contributed by atoms with Gasteiger partial charge in [0.15, 0.2) is 0 Å². The summed E-state index contributed by atoms with van der Waals surface area (Å²) in [6, 6.07) is 12.3. The fourth-order valence-electron chi connectivity index (χ4n) is 5.83. The maximum Gasteiger partial charge on any atom is 0.338 e. The number of nitrogens with zero attached hydrogens (tertiary/aromatic N) is 4. The standard InChI is InChI=1S/C32H41N4O6/c1-36(2)23-25(28-21-27(40-3)10-11-29(28)36)20-31(38)42-26-8-6-24(7-9-26)32(39)41-19-18-33-14-16-34(17-15-33)22-30(37)35-12-4-5-13-35/h6-11,21,23H,4-5,12-20,22H2,1-3H3/q+1. The van der Waals surface area contributed by atoms with Crippen LogP contribution in [0, 0.1) is 0 Å². The summed E-state index contributed by atoms with van der Waals surface area (Å²) in [5.41, 5.74) is 3.35. The third-order valence-electron chi connectivity index (χ3n) is 8.23. The summed E-state index contributed by atoms with van der Waals surface area (Å²) in [5, 5.41) is 0. The predicted octanol–water partition coefficient (Wildman–Crippen LogP) is 3.01. The van der Waals surface area contributed by atoms with E-state index in [0.29, 0.717) is 35.5 Å². The number of carbonyl (C=O) groups is 3. The molecule has 2 aromatic carbocycles. The van der Waals surface area contributed by atoms with Crippen LogP contribution in [0.5, 0.6) is 11.5 Å². The van der Waals surface area contributed by atoms with E-state index in [1.807, 2.05) is 29.3 Å². The highest BCUT2D eigenvalue weighted by Crippen LogP contribution is 2.41. The maximum absolute atomic E-state index is 12.8. The molecule has 2 saturated heterocycles. The number of hydrogen-bond donors (Lipinski definition) is 0. The van der Waals surface area contributed by atoms with E-state index in [2.05, 4.69) is 23.9 Å². The van der Waals surface area contributed by atoms with Gasteiger partial charge in [0.05, 0.1) is 39.7 Å². The number of carbonyl (C=O) groups excluding carboxylic acids is 3. The van der Waals surface area contributed by atoms with Gasteiger partial charge < -0.3 is 19.1 Å². The molecule has 3 heterocycles. The number of ether oxygens (including phenoxy) is 3. The molecule has 0 unspecified atom stereocenters. The second kappa shape index (κ2) is 13.1. The van der Waals surface area contributed by atoms with E-state index in [-0.39, 0.29) is 18.3 Å². The molecule has 0 atom stereocenters. The summed E-state index contributed by atoms with van der Waals surface area (Å²) >= 11 is 0. The van der Waals surface area contributed by atoms with Crippen molar-refractivity contribution in [2.45, 2.75) is 19.3 Å². The molecule has 2 fully saturated rings. The minimum Gasteiger partial charge on any atom is -0.497 e. The van der Waals surface area contributed by atoms with Gasteiger partial charge in [0, 0.05) is 63.0 Å². The fraction of sp³-hybridized carbons (Fsp3) is 0.469. The lowest BCUT2D eigenvalue weighted by Gasteiger charge is -2.34. The van der Waals surface area contributed by atoms with Gasteiger partial charge >= 0.3 is 11.9 Å². The van der Waals surface area contributed by atoms with Crippen LogP contribution in [-0.4, -0.2) is 113 Å². The molecule has 0 saturated carbocycles. The average Bonchev–Trinajstić information content (AvgIpc) is 3.61. The Balaban J connectivity index is 1.03. The number of fused-ring (bicyclic) bond motifs is 1. The molecule has 0 bridgehead atoms. The molecule has 0 radical (unpaired) electrons. The highest BCUT2D eigenvalue weighted by Gasteiger charge is 2.33. The van der Waals surface area contributed by atoms with E-state index < -0.39 is 5.97 Å². The van der Waals surface area contributed by atoms with Crippen molar-refractivity contribution in [2.24, 2.45) is 0 Å². The van der Waals surface area contributed by atoms with Crippen LogP contribution in [0.3, 0.4) is 0 Å². The number of hydrogen-bond acceptors (Lipinski definition) is 8. The van der Waals surface area contributed by atoms with Crippen LogP contribution in [0.2, 0.25) is 0 Å². The van der Waals surface area contributed by atoms with Gasteiger partial charge in [-0.2, -0.15) is 0 Å². The van der Waals surface area contributed by atoms with Crippen molar-refractivity contribution >= 4 is 29.1 Å². The Morgan fingerprint density at radius 2 is 1.52 bits per heavy atom. The van der Waals surface area contributed by atoms with E-state index in [0.717, 1.165) is 74.7 Å². The summed E-state index contributed by atoms with van der Waals surface area (Å²) in [7, 11) is 5.74.